The monoisotopic (exact) mass is 416 g/mol. The van der Waals surface area contributed by atoms with E-state index in [0.717, 1.165) is 11.3 Å². The maximum atomic E-state index is 13.0. The van der Waals surface area contributed by atoms with Crippen molar-refractivity contribution >= 4 is 39.3 Å². The molecule has 0 radical (unpaired) electrons. The van der Waals surface area contributed by atoms with Gasteiger partial charge in [0.05, 0.1) is 18.1 Å². The smallest absolute Gasteiger partial charge is 0.259 e. The van der Waals surface area contributed by atoms with Gasteiger partial charge in [-0.15, -0.1) is 0 Å². The Morgan fingerprint density at radius 2 is 1.93 bits per heavy atom. The number of aromatic nitrogens is 3. The average molecular weight is 416 g/mol. The number of anilines is 1. The van der Waals surface area contributed by atoms with Crippen LogP contribution in [0.5, 0.6) is 0 Å². The molecule has 9 heteroatoms. The number of carbonyl (C=O) groups excluding carboxylic acids is 2. The summed E-state index contributed by atoms with van der Waals surface area (Å²) in [6.45, 7) is 0. The van der Waals surface area contributed by atoms with Gasteiger partial charge in [0.2, 0.25) is 11.5 Å². The molecule has 146 valence electrons. The number of nitrogens with zero attached hydrogens (tertiary/aromatic N) is 3. The Morgan fingerprint density at radius 3 is 2.73 bits per heavy atom. The molecule has 0 aliphatic rings. The zero-order valence-corrected chi connectivity index (χ0v) is 16.1. The molecule has 5 heterocycles. The number of hydrogen-bond acceptors (Lipinski definition) is 8. The molecule has 0 saturated heterocycles. The predicted molar refractivity (Wildman–Crippen MR) is 109 cm³/mol. The normalized spacial score (nSPS) is 10.9. The van der Waals surface area contributed by atoms with Gasteiger partial charge >= 0.3 is 0 Å². The highest BCUT2D eigenvalue weighted by molar-refractivity contribution is 7.18. The lowest BCUT2D eigenvalue weighted by molar-refractivity contribution is 0.102. The number of fused-ring (bicyclic) bond motifs is 1. The van der Waals surface area contributed by atoms with Crippen molar-refractivity contribution in [3.05, 3.63) is 83.5 Å². The molecular weight excluding hydrogens is 404 g/mol. The number of ketones is 1. The van der Waals surface area contributed by atoms with Gasteiger partial charge in [0.25, 0.3) is 5.91 Å². The molecule has 0 aliphatic heterocycles. The van der Waals surface area contributed by atoms with Crippen molar-refractivity contribution in [2.45, 2.75) is 0 Å². The van der Waals surface area contributed by atoms with Gasteiger partial charge in [-0.2, -0.15) is 0 Å². The van der Waals surface area contributed by atoms with Crippen LogP contribution in [-0.4, -0.2) is 26.6 Å². The van der Waals surface area contributed by atoms with Crippen LogP contribution in [0.1, 0.15) is 25.7 Å². The number of furan rings is 2. The van der Waals surface area contributed by atoms with Gasteiger partial charge in [-0.1, -0.05) is 17.4 Å². The Balaban J connectivity index is 1.49. The SMILES string of the molecule is O=C(Nc1nc(-c2ccco2)c(C(=O)c2ccccn2)s1)c1cnc2occc2c1. The standard InChI is InChI=1S/C21H12N4O4S/c26-17(14-4-1-2-7-22-14)18-16(15-5-3-8-28-15)24-21(30-18)25-19(27)13-10-12-6-9-29-20(12)23-11-13/h1-11H,(H,24,25,27). The molecule has 8 nitrogen and oxygen atoms in total. The average Bonchev–Trinajstić information content (AvgIpc) is 3.53. The van der Waals surface area contributed by atoms with Crippen LogP contribution in [0.25, 0.3) is 22.6 Å². The maximum absolute atomic E-state index is 13.0. The van der Waals surface area contributed by atoms with Crippen molar-refractivity contribution < 1.29 is 18.4 Å². The Hall–Kier alpha value is -4.11. The quantitative estimate of drug-likeness (QED) is 0.422. The molecule has 5 rings (SSSR count). The molecule has 5 aromatic rings. The van der Waals surface area contributed by atoms with Gasteiger partial charge in [-0.3, -0.25) is 19.9 Å². The van der Waals surface area contributed by atoms with Crippen LogP contribution in [0.2, 0.25) is 0 Å². The lowest BCUT2D eigenvalue weighted by Crippen LogP contribution is -2.11. The Bertz CT molecular complexity index is 1360. The van der Waals surface area contributed by atoms with Crippen LogP contribution in [0.15, 0.2) is 76.2 Å². The molecule has 0 aliphatic carbocycles. The van der Waals surface area contributed by atoms with Gasteiger partial charge in [-0.05, 0) is 36.4 Å². The van der Waals surface area contributed by atoms with Crippen LogP contribution in [-0.2, 0) is 0 Å². The van der Waals surface area contributed by atoms with Crippen molar-refractivity contribution in [3.63, 3.8) is 0 Å². The van der Waals surface area contributed by atoms with E-state index in [1.165, 1.54) is 18.7 Å². The summed E-state index contributed by atoms with van der Waals surface area (Å²) in [7, 11) is 0. The first kappa shape index (κ1) is 18.0. The zero-order chi connectivity index (χ0) is 20.5. The highest BCUT2D eigenvalue weighted by atomic mass is 32.1. The summed E-state index contributed by atoms with van der Waals surface area (Å²) in [6.07, 6.45) is 5.96. The van der Waals surface area contributed by atoms with Crippen molar-refractivity contribution in [2.75, 3.05) is 5.32 Å². The van der Waals surface area contributed by atoms with E-state index >= 15 is 0 Å². The molecule has 5 aromatic heterocycles. The fourth-order valence-electron chi connectivity index (χ4n) is 2.87. The number of amides is 1. The molecule has 30 heavy (non-hydrogen) atoms. The second-order valence-electron chi connectivity index (χ2n) is 6.21. The predicted octanol–water partition coefficient (Wildman–Crippen LogP) is 4.42. The lowest BCUT2D eigenvalue weighted by Gasteiger charge is -2.01. The van der Waals surface area contributed by atoms with E-state index in [1.807, 2.05) is 0 Å². The van der Waals surface area contributed by atoms with Crippen LogP contribution in [0.4, 0.5) is 5.13 Å². The summed E-state index contributed by atoms with van der Waals surface area (Å²) in [6, 6.07) is 11.9. The molecule has 0 bridgehead atoms. The minimum absolute atomic E-state index is 0.262. The number of thiazole rings is 1. The van der Waals surface area contributed by atoms with Crippen LogP contribution >= 0.6 is 11.3 Å². The summed E-state index contributed by atoms with van der Waals surface area (Å²) in [5.74, 6) is -0.281. The fourth-order valence-corrected chi connectivity index (χ4v) is 3.79. The molecule has 1 amide bonds. The summed E-state index contributed by atoms with van der Waals surface area (Å²) in [4.78, 5) is 38.6. The van der Waals surface area contributed by atoms with E-state index in [0.29, 0.717) is 33.0 Å². The Kier molecular flexibility index (Phi) is 4.41. The number of carbonyl (C=O) groups is 2. The van der Waals surface area contributed by atoms with E-state index < -0.39 is 5.91 Å². The first-order chi connectivity index (χ1) is 14.7. The topological polar surface area (TPSA) is 111 Å². The molecule has 0 atom stereocenters. The zero-order valence-electron chi connectivity index (χ0n) is 15.2. The minimum atomic E-state index is -0.401. The van der Waals surface area contributed by atoms with Gasteiger partial charge in [0.15, 0.2) is 10.9 Å². The highest BCUT2D eigenvalue weighted by Crippen LogP contribution is 2.33. The Morgan fingerprint density at radius 1 is 1.00 bits per heavy atom. The van der Waals surface area contributed by atoms with Gasteiger partial charge in [-0.25, -0.2) is 9.97 Å². The fraction of sp³-hybridized carbons (Fsp3) is 0. The van der Waals surface area contributed by atoms with E-state index in [9.17, 15) is 9.59 Å². The molecule has 0 unspecified atom stereocenters. The summed E-state index contributed by atoms with van der Waals surface area (Å²) < 4.78 is 10.6. The summed E-state index contributed by atoms with van der Waals surface area (Å²) in [5, 5.41) is 3.70. The van der Waals surface area contributed by atoms with E-state index in [1.54, 1.807) is 48.7 Å². The second kappa shape index (κ2) is 7.37. The number of rotatable bonds is 5. The molecule has 0 spiro atoms. The summed E-state index contributed by atoms with van der Waals surface area (Å²) in [5.41, 5.74) is 1.42. The van der Waals surface area contributed by atoms with Crippen LogP contribution in [0, 0.1) is 0 Å². The van der Waals surface area contributed by atoms with Crippen LogP contribution in [0.3, 0.4) is 0 Å². The van der Waals surface area contributed by atoms with E-state index in [-0.39, 0.29) is 16.6 Å². The van der Waals surface area contributed by atoms with Crippen LogP contribution < -0.4 is 5.32 Å². The first-order valence-electron chi connectivity index (χ1n) is 8.84. The molecule has 0 saturated carbocycles. The number of pyridine rings is 2. The number of hydrogen-bond donors (Lipinski definition) is 1. The molecule has 0 fully saturated rings. The van der Waals surface area contributed by atoms with E-state index in [4.69, 9.17) is 8.83 Å². The van der Waals surface area contributed by atoms with Crippen molar-refractivity contribution in [2.24, 2.45) is 0 Å². The van der Waals surface area contributed by atoms with Crippen molar-refractivity contribution in [1.29, 1.82) is 0 Å². The third-order valence-electron chi connectivity index (χ3n) is 4.27. The maximum Gasteiger partial charge on any atom is 0.259 e. The molecule has 1 N–H and O–H groups in total. The largest absolute Gasteiger partial charge is 0.463 e. The number of nitrogens with one attached hydrogen (secondary N) is 1. The van der Waals surface area contributed by atoms with E-state index in [2.05, 4.69) is 20.3 Å². The third-order valence-corrected chi connectivity index (χ3v) is 5.24. The van der Waals surface area contributed by atoms with Gasteiger partial charge < -0.3 is 8.83 Å². The van der Waals surface area contributed by atoms with Crippen molar-refractivity contribution in [1.82, 2.24) is 15.0 Å². The third kappa shape index (κ3) is 3.27. The molecular formula is C21H12N4O4S. The van der Waals surface area contributed by atoms with Crippen molar-refractivity contribution in [3.8, 4) is 11.5 Å². The minimum Gasteiger partial charge on any atom is -0.463 e. The first-order valence-corrected chi connectivity index (χ1v) is 9.66. The summed E-state index contributed by atoms with van der Waals surface area (Å²) >= 11 is 1.06. The van der Waals surface area contributed by atoms with Gasteiger partial charge in [0, 0.05) is 17.8 Å². The molecule has 0 aromatic carbocycles. The Labute approximate surface area is 173 Å². The highest BCUT2D eigenvalue weighted by Gasteiger charge is 2.24. The lowest BCUT2D eigenvalue weighted by atomic mass is 10.1. The second-order valence-corrected chi connectivity index (χ2v) is 7.21. The van der Waals surface area contributed by atoms with Gasteiger partial charge in [0.1, 0.15) is 16.3 Å².